The number of aromatic carboxylic acids is 3. The second kappa shape index (κ2) is 8.46. The molecule has 13 heteroatoms. The van der Waals surface area contributed by atoms with Gasteiger partial charge in [-0.3, -0.25) is 14.8 Å². The molecule has 178 valence electrons. The number of fused-ring (bicyclic) bond motifs is 3. The number of carboxylic acid groups (broad SMARTS) is 3. The highest BCUT2D eigenvalue weighted by molar-refractivity contribution is 6.54. The van der Waals surface area contributed by atoms with Crippen LogP contribution in [0.15, 0.2) is 23.3 Å². The molecule has 0 bridgehead atoms. The van der Waals surface area contributed by atoms with E-state index in [9.17, 15) is 44.7 Å². The van der Waals surface area contributed by atoms with Gasteiger partial charge in [-0.05, 0) is 19.1 Å². The molecule has 0 fully saturated rings. The fourth-order valence-corrected chi connectivity index (χ4v) is 3.73. The highest BCUT2D eigenvalue weighted by Gasteiger charge is 2.37. The Hall–Kier alpha value is -4.91. The van der Waals surface area contributed by atoms with Crippen molar-refractivity contribution in [3.8, 4) is 17.0 Å². The first-order valence-corrected chi connectivity index (χ1v) is 9.90. The Morgan fingerprint density at radius 1 is 1.09 bits per heavy atom. The summed E-state index contributed by atoms with van der Waals surface area (Å²) in [6, 6.07) is 1.81. The molecule has 1 aliphatic carbocycles. The van der Waals surface area contributed by atoms with Gasteiger partial charge in [0, 0.05) is 22.9 Å². The molecule has 0 amide bonds. The summed E-state index contributed by atoms with van der Waals surface area (Å²) in [4.78, 5) is 62.9. The summed E-state index contributed by atoms with van der Waals surface area (Å²) in [5.41, 5.74) is -2.40. The molecule has 0 aliphatic heterocycles. The average Bonchev–Trinajstić information content (AvgIpc) is 3.27. The van der Waals surface area contributed by atoms with Gasteiger partial charge >= 0.3 is 17.9 Å². The van der Waals surface area contributed by atoms with E-state index in [0.29, 0.717) is 0 Å². The maximum atomic E-state index is 13.3. The largest absolute Gasteiger partial charge is 0.506 e. The Bertz CT molecular complexity index is 1490. The Labute approximate surface area is 195 Å². The number of aromatic nitrogens is 3. The van der Waals surface area contributed by atoms with Crippen LogP contribution in [0.25, 0.3) is 11.3 Å². The summed E-state index contributed by atoms with van der Waals surface area (Å²) < 4.78 is 0. The van der Waals surface area contributed by atoms with E-state index in [2.05, 4.69) is 19.9 Å². The molecule has 0 saturated heterocycles. The van der Waals surface area contributed by atoms with E-state index in [1.165, 1.54) is 13.1 Å². The monoisotopic (exact) mass is 480 g/mol. The van der Waals surface area contributed by atoms with Gasteiger partial charge in [-0.2, -0.15) is 0 Å². The molecule has 6 N–H and O–H groups in total. The maximum absolute atomic E-state index is 13.3. The summed E-state index contributed by atoms with van der Waals surface area (Å²) in [5.74, 6) is -5.63. The van der Waals surface area contributed by atoms with Crippen molar-refractivity contribution in [2.24, 2.45) is 4.99 Å². The van der Waals surface area contributed by atoms with E-state index in [4.69, 9.17) is 0 Å². The topological polar surface area (TPSA) is 223 Å². The smallest absolute Gasteiger partial charge is 0.354 e. The Balaban J connectivity index is 2.01. The van der Waals surface area contributed by atoms with Crippen molar-refractivity contribution in [1.82, 2.24) is 15.0 Å². The molecule has 0 spiro atoms. The minimum absolute atomic E-state index is 0.140. The number of aromatic amines is 1. The van der Waals surface area contributed by atoms with Crippen LogP contribution in [-0.4, -0.2) is 69.9 Å². The van der Waals surface area contributed by atoms with Gasteiger partial charge in [0.05, 0.1) is 35.7 Å². The third-order valence-corrected chi connectivity index (χ3v) is 5.45. The van der Waals surface area contributed by atoms with Gasteiger partial charge in [0.2, 0.25) is 5.78 Å². The zero-order valence-electron chi connectivity index (χ0n) is 17.9. The number of nitrogens with one attached hydrogen (secondary N) is 1. The number of aliphatic hydroxyl groups is 1. The molecule has 0 unspecified atom stereocenters. The average molecular weight is 480 g/mol. The molecule has 35 heavy (non-hydrogen) atoms. The highest BCUT2D eigenvalue weighted by Crippen LogP contribution is 2.37. The SMILES string of the molecule is Cc1ncc(CO)c(CN=C2C(=O)c3cc(C(=O)O)[nH]c3-c3c(C(=O)O)cc(C(=O)O)nc32)c1O. The maximum Gasteiger partial charge on any atom is 0.354 e. The lowest BCUT2D eigenvalue weighted by atomic mass is 9.87. The fraction of sp³-hybridized carbons (Fsp3) is 0.136. The number of carbonyl (C=O) groups excluding carboxylic acids is 1. The summed E-state index contributed by atoms with van der Waals surface area (Å²) >= 11 is 0. The number of aromatic hydroxyl groups is 1. The molecule has 3 aromatic rings. The molecule has 0 atom stereocenters. The van der Waals surface area contributed by atoms with Gasteiger partial charge in [-0.1, -0.05) is 0 Å². The summed E-state index contributed by atoms with van der Waals surface area (Å²) in [6.07, 6.45) is 1.31. The summed E-state index contributed by atoms with van der Waals surface area (Å²) in [7, 11) is 0. The predicted octanol–water partition coefficient (Wildman–Crippen LogP) is 1.26. The molecule has 0 radical (unpaired) electrons. The number of aliphatic imine (C=N–C) groups is 1. The van der Waals surface area contributed by atoms with Crippen LogP contribution in [0.2, 0.25) is 0 Å². The van der Waals surface area contributed by atoms with Gasteiger partial charge in [-0.25, -0.2) is 19.4 Å². The van der Waals surface area contributed by atoms with Crippen LogP contribution in [0.1, 0.15) is 64.2 Å². The number of nitrogens with zero attached hydrogens (tertiary/aromatic N) is 3. The number of carbonyl (C=O) groups is 4. The number of aliphatic hydroxyl groups excluding tert-OH is 1. The van der Waals surface area contributed by atoms with Crippen molar-refractivity contribution in [2.75, 3.05) is 0 Å². The Morgan fingerprint density at radius 3 is 2.40 bits per heavy atom. The van der Waals surface area contributed by atoms with E-state index >= 15 is 0 Å². The number of H-pyrrole nitrogens is 1. The molecule has 0 aromatic carbocycles. The number of carboxylic acids is 3. The molecule has 3 heterocycles. The lowest BCUT2D eigenvalue weighted by molar-refractivity contribution is 0.0677. The van der Waals surface area contributed by atoms with Gasteiger partial charge in [0.25, 0.3) is 0 Å². The lowest BCUT2D eigenvalue weighted by Crippen LogP contribution is -2.26. The van der Waals surface area contributed by atoms with Gasteiger partial charge in [0.15, 0.2) is 0 Å². The normalized spacial score (nSPS) is 13.4. The van der Waals surface area contributed by atoms with E-state index in [1.54, 1.807) is 0 Å². The predicted molar refractivity (Wildman–Crippen MR) is 116 cm³/mol. The lowest BCUT2D eigenvalue weighted by Gasteiger charge is -2.19. The van der Waals surface area contributed by atoms with Crippen LogP contribution >= 0.6 is 0 Å². The molecule has 3 aromatic heterocycles. The van der Waals surface area contributed by atoms with Crippen molar-refractivity contribution in [1.29, 1.82) is 0 Å². The molecular weight excluding hydrogens is 464 g/mol. The third kappa shape index (κ3) is 3.79. The quantitative estimate of drug-likeness (QED) is 0.294. The van der Waals surface area contributed by atoms with Crippen LogP contribution in [0.3, 0.4) is 0 Å². The van der Waals surface area contributed by atoms with Gasteiger partial charge < -0.3 is 30.5 Å². The minimum atomic E-state index is -1.56. The van der Waals surface area contributed by atoms with E-state index in [0.717, 1.165) is 12.1 Å². The van der Waals surface area contributed by atoms with Crippen molar-refractivity contribution in [2.45, 2.75) is 20.1 Å². The van der Waals surface area contributed by atoms with Crippen LogP contribution < -0.4 is 0 Å². The van der Waals surface area contributed by atoms with Crippen molar-refractivity contribution < 1.29 is 44.7 Å². The summed E-state index contributed by atoms with van der Waals surface area (Å²) in [5, 5.41) is 48.5. The number of ketones is 1. The van der Waals surface area contributed by atoms with Crippen LogP contribution in [0, 0.1) is 6.92 Å². The third-order valence-electron chi connectivity index (χ3n) is 5.45. The van der Waals surface area contributed by atoms with E-state index in [1.807, 2.05) is 0 Å². The first-order valence-electron chi connectivity index (χ1n) is 9.90. The number of aryl methyl sites for hydroxylation is 1. The number of hydrogen-bond acceptors (Lipinski definition) is 9. The van der Waals surface area contributed by atoms with Crippen molar-refractivity contribution in [3.63, 3.8) is 0 Å². The van der Waals surface area contributed by atoms with Crippen molar-refractivity contribution >= 4 is 29.4 Å². The van der Waals surface area contributed by atoms with Crippen LogP contribution in [-0.2, 0) is 13.2 Å². The molecule has 4 rings (SSSR count). The number of pyridine rings is 2. The number of hydrogen-bond donors (Lipinski definition) is 6. The standard InChI is InChI=1S/C22H16N4O9/c1-7-18(28)11(8(6-27)4-23-7)5-24-17-16-14(9(20(30)31)2-12(26-16)21(32)33)15-10(19(17)29)3-13(25-15)22(34)35/h2-4,25,27-28H,5-6H2,1H3,(H,30,31)(H,32,33)(H,34,35). The first-order chi connectivity index (χ1) is 16.5. The van der Waals surface area contributed by atoms with Gasteiger partial charge in [-0.15, -0.1) is 0 Å². The van der Waals surface area contributed by atoms with E-state index < -0.39 is 53.0 Å². The number of Topliss-reactive ketones (excluding diaryl/α,β-unsaturated/α-hetero) is 1. The zero-order chi connectivity index (χ0) is 25.6. The van der Waals surface area contributed by atoms with E-state index in [-0.39, 0.29) is 51.6 Å². The molecule has 0 saturated carbocycles. The second-order valence-corrected chi connectivity index (χ2v) is 7.51. The summed E-state index contributed by atoms with van der Waals surface area (Å²) in [6.45, 7) is 0.631. The molecular formula is C22H16N4O9. The molecule has 13 nitrogen and oxygen atoms in total. The Kier molecular flexibility index (Phi) is 5.62. The highest BCUT2D eigenvalue weighted by atomic mass is 16.4. The minimum Gasteiger partial charge on any atom is -0.506 e. The van der Waals surface area contributed by atoms with Crippen LogP contribution in [0.4, 0.5) is 0 Å². The second-order valence-electron chi connectivity index (χ2n) is 7.51. The Morgan fingerprint density at radius 2 is 1.80 bits per heavy atom. The van der Waals surface area contributed by atoms with Gasteiger partial charge in [0.1, 0.15) is 28.5 Å². The van der Waals surface area contributed by atoms with Crippen molar-refractivity contribution in [3.05, 3.63) is 63.4 Å². The van der Waals surface area contributed by atoms with Crippen LogP contribution in [0.5, 0.6) is 5.75 Å². The zero-order valence-corrected chi connectivity index (χ0v) is 17.9. The number of rotatable bonds is 6. The molecule has 1 aliphatic rings. The first kappa shape index (κ1) is 23.3. The fourth-order valence-electron chi connectivity index (χ4n) is 3.73.